The van der Waals surface area contributed by atoms with E-state index < -0.39 is 11.8 Å². The SMILES string of the molecule is O=C1Nc2cc(NC(=O)C3CNCC(c4cccc(Cl)c4)C3=O)ccc2/C1=C/c1ccc[nH]1. The smallest absolute Gasteiger partial charge is 0.256 e. The van der Waals surface area contributed by atoms with Crippen LogP contribution in [0.3, 0.4) is 0 Å². The molecule has 2 amide bonds. The van der Waals surface area contributed by atoms with Gasteiger partial charge in [0.25, 0.3) is 5.91 Å². The molecule has 2 aliphatic heterocycles. The van der Waals surface area contributed by atoms with Gasteiger partial charge in [-0.2, -0.15) is 0 Å². The lowest BCUT2D eigenvalue weighted by molar-refractivity contribution is -0.133. The van der Waals surface area contributed by atoms with Crippen LogP contribution in [-0.4, -0.2) is 35.7 Å². The van der Waals surface area contributed by atoms with E-state index in [1.54, 1.807) is 48.7 Å². The zero-order chi connectivity index (χ0) is 22.9. The van der Waals surface area contributed by atoms with Crippen LogP contribution in [-0.2, 0) is 14.4 Å². The second kappa shape index (κ2) is 8.69. The normalized spacial score (nSPS) is 21.1. The molecule has 2 aromatic carbocycles. The van der Waals surface area contributed by atoms with Gasteiger partial charge in [-0.15, -0.1) is 0 Å². The molecule has 1 fully saturated rings. The molecular formula is C25H21ClN4O3. The minimum atomic E-state index is -0.825. The summed E-state index contributed by atoms with van der Waals surface area (Å²) in [5, 5.41) is 9.39. The van der Waals surface area contributed by atoms with Crippen LogP contribution in [0, 0.1) is 5.92 Å². The summed E-state index contributed by atoms with van der Waals surface area (Å²) in [5.41, 5.74) is 4.03. The average molecular weight is 461 g/mol. The van der Waals surface area contributed by atoms with Crippen LogP contribution >= 0.6 is 11.6 Å². The molecule has 2 atom stereocenters. The maximum Gasteiger partial charge on any atom is 0.256 e. The number of amides is 2. The molecule has 0 aliphatic carbocycles. The van der Waals surface area contributed by atoms with E-state index in [2.05, 4.69) is 20.9 Å². The highest BCUT2D eigenvalue weighted by molar-refractivity contribution is 6.35. The average Bonchev–Trinajstić information content (AvgIpc) is 3.41. The van der Waals surface area contributed by atoms with Gasteiger partial charge in [0.15, 0.2) is 5.78 Å². The maximum absolute atomic E-state index is 13.1. The summed E-state index contributed by atoms with van der Waals surface area (Å²) in [6, 6.07) is 16.1. The van der Waals surface area contributed by atoms with E-state index in [9.17, 15) is 14.4 Å². The van der Waals surface area contributed by atoms with E-state index in [0.717, 1.165) is 16.8 Å². The first kappa shape index (κ1) is 21.2. The van der Waals surface area contributed by atoms with Gasteiger partial charge in [-0.1, -0.05) is 29.8 Å². The standard InChI is InChI=1S/C25H21ClN4O3/c26-15-4-1-3-14(9-15)20-12-27-13-21(23(20)31)25(33)29-17-6-7-18-19(10-16-5-2-8-28-16)24(32)30-22(18)11-17/h1-11,20-21,27-28H,12-13H2,(H,29,33)(H,30,32)/b19-10-. The number of benzene rings is 2. The van der Waals surface area contributed by atoms with Gasteiger partial charge < -0.3 is 20.9 Å². The van der Waals surface area contributed by atoms with Gasteiger partial charge in [0.2, 0.25) is 5.91 Å². The number of piperidine rings is 1. The molecule has 0 spiro atoms. The molecule has 8 heteroatoms. The van der Waals surface area contributed by atoms with Gasteiger partial charge in [-0.3, -0.25) is 14.4 Å². The van der Waals surface area contributed by atoms with Crippen LogP contribution in [0.4, 0.5) is 11.4 Å². The number of carbonyl (C=O) groups is 3. The minimum Gasteiger partial charge on any atom is -0.362 e. The van der Waals surface area contributed by atoms with Gasteiger partial charge in [0.1, 0.15) is 5.92 Å². The number of nitrogens with one attached hydrogen (secondary N) is 4. The van der Waals surface area contributed by atoms with E-state index in [1.165, 1.54) is 0 Å². The van der Waals surface area contributed by atoms with Crippen molar-refractivity contribution in [1.29, 1.82) is 0 Å². The number of aromatic amines is 1. The van der Waals surface area contributed by atoms with Crippen LogP contribution in [0.5, 0.6) is 0 Å². The predicted molar refractivity (Wildman–Crippen MR) is 128 cm³/mol. The zero-order valence-corrected chi connectivity index (χ0v) is 18.3. The molecule has 1 aromatic heterocycles. The van der Waals surface area contributed by atoms with Crippen molar-refractivity contribution >= 4 is 52.2 Å². The molecular weight excluding hydrogens is 440 g/mol. The molecule has 0 bridgehead atoms. The zero-order valence-electron chi connectivity index (χ0n) is 17.5. The molecule has 166 valence electrons. The molecule has 4 N–H and O–H groups in total. The lowest BCUT2D eigenvalue weighted by atomic mass is 9.83. The fourth-order valence-electron chi connectivity index (χ4n) is 4.28. The molecule has 3 heterocycles. The van der Waals surface area contributed by atoms with Crippen LogP contribution in [0.2, 0.25) is 5.02 Å². The highest BCUT2D eigenvalue weighted by Crippen LogP contribution is 2.35. The van der Waals surface area contributed by atoms with Gasteiger partial charge >= 0.3 is 0 Å². The van der Waals surface area contributed by atoms with Crippen molar-refractivity contribution in [3.8, 4) is 0 Å². The van der Waals surface area contributed by atoms with Crippen molar-refractivity contribution in [3.63, 3.8) is 0 Å². The summed E-state index contributed by atoms with van der Waals surface area (Å²) in [6.45, 7) is 0.732. The van der Waals surface area contributed by atoms with Gasteiger partial charge in [0, 0.05) is 41.3 Å². The molecule has 0 saturated carbocycles. The van der Waals surface area contributed by atoms with Crippen molar-refractivity contribution < 1.29 is 14.4 Å². The Balaban J connectivity index is 1.33. The topological polar surface area (TPSA) is 103 Å². The maximum atomic E-state index is 13.1. The third-order valence-corrected chi connectivity index (χ3v) is 6.18. The molecule has 3 aromatic rings. The summed E-state index contributed by atoms with van der Waals surface area (Å²) in [7, 11) is 0. The Bertz CT molecular complexity index is 1280. The number of carbonyl (C=O) groups excluding carboxylic acids is 3. The minimum absolute atomic E-state index is 0.140. The van der Waals surface area contributed by atoms with Crippen LogP contribution in [0.15, 0.2) is 60.8 Å². The second-order valence-electron chi connectivity index (χ2n) is 8.11. The molecule has 2 unspecified atom stereocenters. The molecule has 5 rings (SSSR count). The monoisotopic (exact) mass is 460 g/mol. The summed E-state index contributed by atoms with van der Waals surface area (Å²) in [5.74, 6) is -1.99. The third-order valence-electron chi connectivity index (χ3n) is 5.94. The molecule has 0 radical (unpaired) electrons. The Morgan fingerprint density at radius 3 is 2.73 bits per heavy atom. The Morgan fingerprint density at radius 2 is 1.94 bits per heavy atom. The largest absolute Gasteiger partial charge is 0.362 e. The van der Waals surface area contributed by atoms with Crippen molar-refractivity contribution in [2.75, 3.05) is 23.7 Å². The first-order valence-electron chi connectivity index (χ1n) is 10.6. The number of Topliss-reactive ketones (excluding diaryl/α,β-unsaturated/α-hetero) is 1. The highest BCUT2D eigenvalue weighted by atomic mass is 35.5. The lowest BCUT2D eigenvalue weighted by Crippen LogP contribution is -2.47. The van der Waals surface area contributed by atoms with Crippen molar-refractivity contribution in [3.05, 3.63) is 82.6 Å². The van der Waals surface area contributed by atoms with E-state index in [0.29, 0.717) is 28.5 Å². The van der Waals surface area contributed by atoms with Crippen molar-refractivity contribution in [2.24, 2.45) is 5.92 Å². The number of fused-ring (bicyclic) bond motifs is 1. The van der Waals surface area contributed by atoms with E-state index in [4.69, 9.17) is 11.6 Å². The van der Waals surface area contributed by atoms with Crippen molar-refractivity contribution in [1.82, 2.24) is 10.3 Å². The molecule has 2 aliphatic rings. The fourth-order valence-corrected chi connectivity index (χ4v) is 4.48. The first-order valence-corrected chi connectivity index (χ1v) is 11.0. The van der Waals surface area contributed by atoms with Crippen molar-refractivity contribution in [2.45, 2.75) is 5.92 Å². The molecule has 33 heavy (non-hydrogen) atoms. The quantitative estimate of drug-likeness (QED) is 0.352. The van der Waals surface area contributed by atoms with Gasteiger partial charge in [-0.25, -0.2) is 0 Å². The molecule has 1 saturated heterocycles. The number of hydrogen-bond acceptors (Lipinski definition) is 4. The van der Waals surface area contributed by atoms with Crippen LogP contribution < -0.4 is 16.0 Å². The van der Waals surface area contributed by atoms with Gasteiger partial charge in [0.05, 0.1) is 17.2 Å². The number of anilines is 2. The summed E-state index contributed by atoms with van der Waals surface area (Å²) >= 11 is 6.08. The number of halogens is 1. The van der Waals surface area contributed by atoms with E-state index >= 15 is 0 Å². The number of hydrogen-bond donors (Lipinski definition) is 4. The predicted octanol–water partition coefficient (Wildman–Crippen LogP) is 3.67. The fraction of sp³-hybridized carbons (Fsp3) is 0.160. The second-order valence-corrected chi connectivity index (χ2v) is 8.54. The summed E-state index contributed by atoms with van der Waals surface area (Å²) < 4.78 is 0. The summed E-state index contributed by atoms with van der Waals surface area (Å²) in [4.78, 5) is 41.5. The lowest BCUT2D eigenvalue weighted by Gasteiger charge is -2.28. The van der Waals surface area contributed by atoms with E-state index in [1.807, 2.05) is 18.2 Å². The summed E-state index contributed by atoms with van der Waals surface area (Å²) in [6.07, 6.45) is 3.57. The van der Waals surface area contributed by atoms with Crippen LogP contribution in [0.25, 0.3) is 11.6 Å². The highest BCUT2D eigenvalue weighted by Gasteiger charge is 2.37. The molecule has 7 nitrogen and oxygen atoms in total. The van der Waals surface area contributed by atoms with Gasteiger partial charge in [-0.05, 0) is 48.0 Å². The number of rotatable bonds is 4. The number of ketones is 1. The first-order chi connectivity index (χ1) is 16.0. The number of aromatic nitrogens is 1. The Hall–Kier alpha value is -3.68. The number of H-pyrrole nitrogens is 1. The Labute approximate surface area is 195 Å². The van der Waals surface area contributed by atoms with Crippen LogP contribution in [0.1, 0.15) is 22.7 Å². The Kier molecular flexibility index (Phi) is 5.58. The van der Waals surface area contributed by atoms with E-state index in [-0.39, 0.29) is 24.1 Å². The third kappa shape index (κ3) is 4.20. The Morgan fingerprint density at radius 1 is 1.06 bits per heavy atom.